The molecule has 4 N–H and O–H groups in total. The number of likely N-dealkylation sites (tertiary alicyclic amines) is 1. The Balaban J connectivity index is 1.74. The summed E-state index contributed by atoms with van der Waals surface area (Å²) in [5, 5.41) is 20.5. The number of carboxylic acid groups (broad SMARTS) is 1. The normalized spacial score (nSPS) is 24.1. The van der Waals surface area contributed by atoms with Gasteiger partial charge in [-0.1, -0.05) is 36.4 Å². The van der Waals surface area contributed by atoms with E-state index in [1.54, 1.807) is 6.20 Å². The van der Waals surface area contributed by atoms with E-state index in [9.17, 15) is 15.0 Å². The van der Waals surface area contributed by atoms with Crippen LogP contribution in [0.5, 0.6) is 0 Å². The van der Waals surface area contributed by atoms with Gasteiger partial charge < -0.3 is 15.9 Å². The molecule has 1 aliphatic rings. The van der Waals surface area contributed by atoms with Crippen molar-refractivity contribution >= 4 is 11.8 Å². The predicted octanol–water partition coefficient (Wildman–Crippen LogP) is 1.54. The first-order valence-electron chi connectivity index (χ1n) is 8.38. The first-order chi connectivity index (χ1) is 12.0. The summed E-state index contributed by atoms with van der Waals surface area (Å²) in [7, 11) is 0. The van der Waals surface area contributed by atoms with E-state index in [-0.39, 0.29) is 0 Å². The number of benzene rings is 1. The molecular weight excluding hydrogens is 318 g/mol. The number of piperidine rings is 1. The van der Waals surface area contributed by atoms with Gasteiger partial charge in [0.15, 0.2) is 0 Å². The van der Waals surface area contributed by atoms with Gasteiger partial charge in [0.2, 0.25) is 0 Å². The molecule has 0 saturated carbocycles. The van der Waals surface area contributed by atoms with Gasteiger partial charge >= 0.3 is 5.97 Å². The van der Waals surface area contributed by atoms with Crippen LogP contribution in [-0.2, 0) is 17.8 Å². The highest BCUT2D eigenvalue weighted by molar-refractivity contribution is 5.76. The van der Waals surface area contributed by atoms with Crippen LogP contribution in [0.25, 0.3) is 0 Å². The Morgan fingerprint density at radius 1 is 1.28 bits per heavy atom. The summed E-state index contributed by atoms with van der Waals surface area (Å²) in [6.45, 7) is 1.44. The summed E-state index contributed by atoms with van der Waals surface area (Å²) in [4.78, 5) is 18.1. The van der Waals surface area contributed by atoms with Crippen LogP contribution in [0.4, 0.5) is 5.82 Å². The van der Waals surface area contributed by atoms with Crippen LogP contribution >= 0.6 is 0 Å². The minimum atomic E-state index is -1.15. The van der Waals surface area contributed by atoms with E-state index in [2.05, 4.69) is 4.98 Å². The Morgan fingerprint density at radius 2 is 2.04 bits per heavy atom. The molecule has 1 aromatic heterocycles. The molecular formula is C19H23N3O3. The number of carboxylic acids is 1. The van der Waals surface area contributed by atoms with Gasteiger partial charge in [-0.05, 0) is 31.0 Å². The van der Waals surface area contributed by atoms with Gasteiger partial charge in [0, 0.05) is 24.8 Å². The molecule has 0 bridgehead atoms. The van der Waals surface area contributed by atoms with Gasteiger partial charge in [0.1, 0.15) is 11.2 Å². The monoisotopic (exact) mass is 341 g/mol. The van der Waals surface area contributed by atoms with Gasteiger partial charge in [-0.25, -0.2) is 4.98 Å². The Morgan fingerprint density at radius 3 is 2.68 bits per heavy atom. The maximum absolute atomic E-state index is 12.0. The number of aliphatic carboxylic acids is 1. The van der Waals surface area contributed by atoms with Crippen molar-refractivity contribution in [1.82, 2.24) is 9.88 Å². The van der Waals surface area contributed by atoms with Crippen LogP contribution in [0.1, 0.15) is 17.5 Å². The molecule has 0 aliphatic carbocycles. The Hall–Kier alpha value is -2.44. The molecule has 25 heavy (non-hydrogen) atoms. The lowest BCUT2D eigenvalue weighted by Crippen LogP contribution is -2.55. The topological polar surface area (TPSA) is 99.7 Å². The Labute approximate surface area is 146 Å². The van der Waals surface area contributed by atoms with Gasteiger partial charge in [0.05, 0.1) is 6.10 Å². The number of aliphatic hydroxyl groups excluding tert-OH is 1. The summed E-state index contributed by atoms with van der Waals surface area (Å²) in [5.74, 6) is -0.472. The molecule has 6 nitrogen and oxygen atoms in total. The maximum Gasteiger partial charge on any atom is 0.312 e. The highest BCUT2D eigenvalue weighted by atomic mass is 16.4. The molecule has 132 valence electrons. The quantitative estimate of drug-likeness (QED) is 0.763. The first kappa shape index (κ1) is 17.4. The summed E-state index contributed by atoms with van der Waals surface area (Å²) in [5.41, 5.74) is 6.54. The SMILES string of the molecule is Nc1ncccc1CN1CC[C@](Cc2ccccc2)(C(=O)O)[C@@H](O)C1. The van der Waals surface area contributed by atoms with Gasteiger partial charge in [-0.3, -0.25) is 9.69 Å². The number of rotatable bonds is 5. The summed E-state index contributed by atoms with van der Waals surface area (Å²) >= 11 is 0. The lowest BCUT2D eigenvalue weighted by atomic mass is 9.71. The molecule has 2 heterocycles. The highest BCUT2D eigenvalue weighted by Crippen LogP contribution is 2.36. The molecule has 0 amide bonds. The maximum atomic E-state index is 12.0. The van der Waals surface area contributed by atoms with Crippen LogP contribution < -0.4 is 5.73 Å². The van der Waals surface area contributed by atoms with E-state index in [4.69, 9.17) is 5.73 Å². The zero-order chi connectivity index (χ0) is 17.9. The minimum Gasteiger partial charge on any atom is -0.481 e. The molecule has 6 heteroatoms. The number of carbonyl (C=O) groups is 1. The van der Waals surface area contributed by atoms with Crippen molar-refractivity contribution < 1.29 is 15.0 Å². The van der Waals surface area contributed by atoms with Crippen molar-refractivity contribution in [2.24, 2.45) is 5.41 Å². The Bertz CT molecular complexity index is 738. The number of anilines is 1. The van der Waals surface area contributed by atoms with Crippen LogP contribution in [0, 0.1) is 5.41 Å². The minimum absolute atomic E-state index is 0.299. The zero-order valence-corrected chi connectivity index (χ0v) is 14.0. The van der Waals surface area contributed by atoms with E-state index in [1.165, 1.54) is 0 Å². The van der Waals surface area contributed by atoms with Crippen molar-refractivity contribution in [2.45, 2.75) is 25.5 Å². The van der Waals surface area contributed by atoms with E-state index in [0.717, 1.165) is 11.1 Å². The number of aliphatic hydroxyl groups is 1. The molecule has 0 radical (unpaired) electrons. The van der Waals surface area contributed by atoms with E-state index < -0.39 is 17.5 Å². The smallest absolute Gasteiger partial charge is 0.312 e. The van der Waals surface area contributed by atoms with Gasteiger partial charge in [0.25, 0.3) is 0 Å². The van der Waals surface area contributed by atoms with Crippen molar-refractivity contribution in [3.8, 4) is 0 Å². The fourth-order valence-electron chi connectivity index (χ4n) is 3.50. The zero-order valence-electron chi connectivity index (χ0n) is 14.0. The summed E-state index contributed by atoms with van der Waals surface area (Å²) in [6.07, 6.45) is 1.40. The lowest BCUT2D eigenvalue weighted by molar-refractivity contribution is -0.163. The molecule has 2 atom stereocenters. The van der Waals surface area contributed by atoms with Crippen LogP contribution in [0.2, 0.25) is 0 Å². The fourth-order valence-corrected chi connectivity index (χ4v) is 3.50. The largest absolute Gasteiger partial charge is 0.481 e. The van der Waals surface area contributed by atoms with Crippen LogP contribution in [0.3, 0.4) is 0 Å². The second-order valence-corrected chi connectivity index (χ2v) is 6.67. The molecule has 1 aliphatic heterocycles. The van der Waals surface area contributed by atoms with Crippen LogP contribution in [-0.4, -0.2) is 45.3 Å². The number of pyridine rings is 1. The third-order valence-corrected chi connectivity index (χ3v) is 5.05. The number of nitrogen functional groups attached to an aromatic ring is 1. The van der Waals surface area contributed by atoms with E-state index in [0.29, 0.717) is 38.3 Å². The lowest BCUT2D eigenvalue weighted by Gasteiger charge is -2.43. The second kappa shape index (κ2) is 7.21. The number of nitrogens with zero attached hydrogens (tertiary/aromatic N) is 2. The van der Waals surface area contributed by atoms with E-state index >= 15 is 0 Å². The average molecular weight is 341 g/mol. The number of nitrogens with two attached hydrogens (primary N) is 1. The average Bonchev–Trinajstić information content (AvgIpc) is 2.60. The van der Waals surface area contributed by atoms with Gasteiger partial charge in [-0.2, -0.15) is 0 Å². The molecule has 0 spiro atoms. The van der Waals surface area contributed by atoms with Crippen molar-refractivity contribution in [2.75, 3.05) is 18.8 Å². The molecule has 0 unspecified atom stereocenters. The predicted molar refractivity (Wildman–Crippen MR) is 94.8 cm³/mol. The molecule has 1 aromatic carbocycles. The number of hydrogen-bond donors (Lipinski definition) is 3. The third-order valence-electron chi connectivity index (χ3n) is 5.05. The summed E-state index contributed by atoms with van der Waals surface area (Å²) in [6, 6.07) is 13.2. The molecule has 1 fully saturated rings. The third kappa shape index (κ3) is 3.65. The van der Waals surface area contributed by atoms with Crippen LogP contribution in [0.15, 0.2) is 48.7 Å². The second-order valence-electron chi connectivity index (χ2n) is 6.67. The van der Waals surface area contributed by atoms with Crippen molar-refractivity contribution in [3.05, 3.63) is 59.8 Å². The summed E-state index contributed by atoms with van der Waals surface area (Å²) < 4.78 is 0. The molecule has 2 aromatic rings. The molecule has 1 saturated heterocycles. The number of hydrogen-bond acceptors (Lipinski definition) is 5. The Kier molecular flexibility index (Phi) is 5.01. The van der Waals surface area contributed by atoms with Crippen molar-refractivity contribution in [3.63, 3.8) is 0 Å². The number of aromatic nitrogens is 1. The van der Waals surface area contributed by atoms with E-state index in [1.807, 2.05) is 47.4 Å². The fraction of sp³-hybridized carbons (Fsp3) is 0.368. The standard InChI is InChI=1S/C19H23N3O3/c20-17-15(7-4-9-21-17)12-22-10-8-19(18(24)25,16(23)13-22)11-14-5-2-1-3-6-14/h1-7,9,16,23H,8,10-13H2,(H2,20,21)(H,24,25)/t16-,19+/m0/s1. The highest BCUT2D eigenvalue weighted by Gasteiger charge is 2.48. The molecule has 3 rings (SSSR count). The van der Waals surface area contributed by atoms with Gasteiger partial charge in [-0.15, -0.1) is 0 Å². The van der Waals surface area contributed by atoms with Crippen molar-refractivity contribution in [1.29, 1.82) is 0 Å². The first-order valence-corrected chi connectivity index (χ1v) is 8.38. The number of β-amino-alcohol motifs (C(OH)–C–C–N with tert-alkyl or cyclic N) is 1.